The number of hydrogen-bond acceptors (Lipinski definition) is 3. The van der Waals surface area contributed by atoms with Crippen LogP contribution in [0.2, 0.25) is 0 Å². The Morgan fingerprint density at radius 2 is 2.29 bits per heavy atom. The second kappa shape index (κ2) is 6.21. The van der Waals surface area contributed by atoms with Gasteiger partial charge in [0.05, 0.1) is 6.26 Å². The third-order valence-electron chi connectivity index (χ3n) is 1.76. The average molecular weight is 196 g/mol. The molecule has 4 heteroatoms. The number of rotatable bonds is 6. The molecule has 4 nitrogen and oxygen atoms in total. The van der Waals surface area contributed by atoms with E-state index in [2.05, 4.69) is 17.6 Å². The Morgan fingerprint density at radius 3 is 2.93 bits per heavy atom. The quantitative estimate of drug-likeness (QED) is 0.668. The molecule has 0 atom stereocenters. The van der Waals surface area contributed by atoms with Gasteiger partial charge in [-0.3, -0.25) is 4.79 Å². The molecule has 1 rings (SSSR count). The minimum atomic E-state index is -0.159. The molecule has 0 aliphatic heterocycles. The average Bonchev–Trinajstić information content (AvgIpc) is 2.70. The third kappa shape index (κ3) is 3.62. The van der Waals surface area contributed by atoms with Gasteiger partial charge < -0.3 is 15.1 Å². The van der Waals surface area contributed by atoms with Gasteiger partial charge in [-0.25, -0.2) is 0 Å². The maximum absolute atomic E-state index is 11.3. The van der Waals surface area contributed by atoms with E-state index in [0.717, 1.165) is 19.5 Å². The summed E-state index contributed by atoms with van der Waals surface area (Å²) in [6, 6.07) is 3.35. The Kier molecular flexibility index (Phi) is 4.78. The van der Waals surface area contributed by atoms with E-state index in [1.165, 1.54) is 6.26 Å². The highest BCUT2D eigenvalue weighted by molar-refractivity contribution is 5.91. The van der Waals surface area contributed by atoms with Crippen molar-refractivity contribution in [3.05, 3.63) is 24.2 Å². The Balaban J connectivity index is 2.10. The first-order chi connectivity index (χ1) is 6.84. The van der Waals surface area contributed by atoms with Crippen molar-refractivity contribution < 1.29 is 9.21 Å². The lowest BCUT2D eigenvalue weighted by molar-refractivity contribution is 0.0926. The van der Waals surface area contributed by atoms with Crippen molar-refractivity contribution in [3.8, 4) is 0 Å². The summed E-state index contributed by atoms with van der Waals surface area (Å²) in [7, 11) is 0. The number of carbonyl (C=O) groups is 1. The van der Waals surface area contributed by atoms with Gasteiger partial charge in [0.1, 0.15) is 0 Å². The van der Waals surface area contributed by atoms with Gasteiger partial charge in [0.2, 0.25) is 0 Å². The monoisotopic (exact) mass is 196 g/mol. The molecule has 0 aliphatic carbocycles. The molecule has 0 bridgehead atoms. The predicted octanol–water partition coefficient (Wildman–Crippen LogP) is 1.01. The normalized spacial score (nSPS) is 10.1. The van der Waals surface area contributed by atoms with Crippen LogP contribution in [0.3, 0.4) is 0 Å². The van der Waals surface area contributed by atoms with Crippen LogP contribution in [0.5, 0.6) is 0 Å². The molecular formula is C10H16N2O2. The maximum Gasteiger partial charge on any atom is 0.287 e. The molecular weight excluding hydrogens is 180 g/mol. The van der Waals surface area contributed by atoms with Crippen molar-refractivity contribution in [2.24, 2.45) is 0 Å². The lowest BCUT2D eigenvalue weighted by atomic mass is 10.4. The van der Waals surface area contributed by atoms with Crippen molar-refractivity contribution in [3.63, 3.8) is 0 Å². The van der Waals surface area contributed by atoms with Crippen molar-refractivity contribution in [2.45, 2.75) is 13.3 Å². The Hall–Kier alpha value is -1.29. The fourth-order valence-electron chi connectivity index (χ4n) is 1.06. The summed E-state index contributed by atoms with van der Waals surface area (Å²) in [5.74, 6) is 0.203. The fraction of sp³-hybridized carbons (Fsp3) is 0.500. The Morgan fingerprint density at radius 1 is 1.43 bits per heavy atom. The van der Waals surface area contributed by atoms with Crippen LogP contribution in [0.1, 0.15) is 23.9 Å². The smallest absolute Gasteiger partial charge is 0.287 e. The number of hydrogen-bond donors (Lipinski definition) is 2. The topological polar surface area (TPSA) is 54.3 Å². The van der Waals surface area contributed by atoms with Gasteiger partial charge in [0, 0.05) is 13.1 Å². The minimum absolute atomic E-state index is 0.159. The standard InChI is InChI=1S/C10H16N2O2/c1-2-5-11-6-7-12-10(13)9-4-3-8-14-9/h3-4,8,11H,2,5-7H2,1H3,(H,12,13). The fourth-order valence-corrected chi connectivity index (χ4v) is 1.06. The first-order valence-corrected chi connectivity index (χ1v) is 4.87. The largest absolute Gasteiger partial charge is 0.459 e. The lowest BCUT2D eigenvalue weighted by Gasteiger charge is -2.03. The van der Waals surface area contributed by atoms with E-state index in [1.807, 2.05) is 0 Å². The predicted molar refractivity (Wildman–Crippen MR) is 54.2 cm³/mol. The first kappa shape index (κ1) is 10.8. The third-order valence-corrected chi connectivity index (χ3v) is 1.76. The van der Waals surface area contributed by atoms with E-state index < -0.39 is 0 Å². The van der Waals surface area contributed by atoms with Gasteiger partial charge >= 0.3 is 0 Å². The van der Waals surface area contributed by atoms with Crippen LogP contribution in [-0.4, -0.2) is 25.5 Å². The van der Waals surface area contributed by atoms with Crippen LogP contribution in [0.4, 0.5) is 0 Å². The van der Waals surface area contributed by atoms with Crippen molar-refractivity contribution >= 4 is 5.91 Å². The summed E-state index contributed by atoms with van der Waals surface area (Å²) in [4.78, 5) is 11.3. The highest BCUT2D eigenvalue weighted by atomic mass is 16.3. The molecule has 14 heavy (non-hydrogen) atoms. The summed E-state index contributed by atoms with van der Waals surface area (Å²) in [6.07, 6.45) is 2.59. The van der Waals surface area contributed by atoms with Crippen LogP contribution >= 0.6 is 0 Å². The van der Waals surface area contributed by atoms with E-state index in [-0.39, 0.29) is 5.91 Å². The zero-order valence-corrected chi connectivity index (χ0v) is 8.38. The number of amides is 1. The van der Waals surface area contributed by atoms with Crippen molar-refractivity contribution in [1.29, 1.82) is 0 Å². The molecule has 0 saturated heterocycles. The van der Waals surface area contributed by atoms with E-state index >= 15 is 0 Å². The molecule has 0 saturated carbocycles. The zero-order valence-electron chi connectivity index (χ0n) is 8.38. The highest BCUT2D eigenvalue weighted by Crippen LogP contribution is 1.98. The molecule has 1 heterocycles. The number of carbonyl (C=O) groups excluding carboxylic acids is 1. The van der Waals surface area contributed by atoms with Gasteiger partial charge in [0.25, 0.3) is 5.91 Å². The van der Waals surface area contributed by atoms with Crippen molar-refractivity contribution in [1.82, 2.24) is 10.6 Å². The Labute approximate surface area is 83.7 Å². The second-order valence-electron chi connectivity index (χ2n) is 2.98. The molecule has 1 aromatic heterocycles. The highest BCUT2D eigenvalue weighted by Gasteiger charge is 2.05. The molecule has 0 radical (unpaired) electrons. The van der Waals surface area contributed by atoms with Crippen LogP contribution in [-0.2, 0) is 0 Å². The van der Waals surface area contributed by atoms with E-state index in [9.17, 15) is 4.79 Å². The molecule has 0 fully saturated rings. The van der Waals surface area contributed by atoms with E-state index in [0.29, 0.717) is 12.3 Å². The molecule has 1 aromatic rings. The molecule has 0 spiro atoms. The van der Waals surface area contributed by atoms with Gasteiger partial charge in [0.15, 0.2) is 5.76 Å². The summed E-state index contributed by atoms with van der Waals surface area (Å²) < 4.78 is 4.94. The molecule has 1 amide bonds. The summed E-state index contributed by atoms with van der Waals surface area (Å²) in [6.45, 7) is 4.50. The van der Waals surface area contributed by atoms with Gasteiger partial charge in [-0.15, -0.1) is 0 Å². The minimum Gasteiger partial charge on any atom is -0.459 e. The van der Waals surface area contributed by atoms with Crippen molar-refractivity contribution in [2.75, 3.05) is 19.6 Å². The number of nitrogens with one attached hydrogen (secondary N) is 2. The molecule has 0 unspecified atom stereocenters. The summed E-state index contributed by atoms with van der Waals surface area (Å²) >= 11 is 0. The number of furan rings is 1. The second-order valence-corrected chi connectivity index (χ2v) is 2.98. The van der Waals surface area contributed by atoms with Crippen LogP contribution in [0.15, 0.2) is 22.8 Å². The lowest BCUT2D eigenvalue weighted by Crippen LogP contribution is -2.31. The van der Waals surface area contributed by atoms with Gasteiger partial charge in [-0.2, -0.15) is 0 Å². The SMILES string of the molecule is CCCNCCNC(=O)c1ccco1. The van der Waals surface area contributed by atoms with Crippen LogP contribution < -0.4 is 10.6 Å². The Bertz CT molecular complexity index is 257. The molecule has 0 aromatic carbocycles. The van der Waals surface area contributed by atoms with Crippen LogP contribution in [0, 0.1) is 0 Å². The molecule has 0 aliphatic rings. The van der Waals surface area contributed by atoms with E-state index in [1.54, 1.807) is 12.1 Å². The summed E-state index contributed by atoms with van der Waals surface area (Å²) in [5.41, 5.74) is 0. The van der Waals surface area contributed by atoms with E-state index in [4.69, 9.17) is 4.42 Å². The van der Waals surface area contributed by atoms with Gasteiger partial charge in [-0.05, 0) is 25.1 Å². The van der Waals surface area contributed by atoms with Crippen LogP contribution in [0.25, 0.3) is 0 Å². The van der Waals surface area contributed by atoms with Gasteiger partial charge in [-0.1, -0.05) is 6.92 Å². The molecule has 78 valence electrons. The first-order valence-electron chi connectivity index (χ1n) is 4.87. The maximum atomic E-state index is 11.3. The zero-order chi connectivity index (χ0) is 10.2. The summed E-state index contributed by atoms with van der Waals surface area (Å²) in [5, 5.41) is 5.94. The molecule has 2 N–H and O–H groups in total.